The molecular formula is C17H24N2O3. The smallest absolute Gasteiger partial charge is 0.325 e. The van der Waals surface area contributed by atoms with E-state index in [2.05, 4.69) is 0 Å². The summed E-state index contributed by atoms with van der Waals surface area (Å²) >= 11 is 0. The first-order chi connectivity index (χ1) is 10.7. The van der Waals surface area contributed by atoms with Crippen LogP contribution in [-0.4, -0.2) is 35.9 Å². The van der Waals surface area contributed by atoms with E-state index < -0.39 is 6.04 Å². The Morgan fingerprint density at radius 3 is 2.68 bits per heavy atom. The summed E-state index contributed by atoms with van der Waals surface area (Å²) in [5, 5.41) is 0. The van der Waals surface area contributed by atoms with E-state index in [-0.39, 0.29) is 25.0 Å². The monoisotopic (exact) mass is 304 g/mol. The molecule has 1 aromatic carbocycles. The van der Waals surface area contributed by atoms with Crippen molar-refractivity contribution in [3.63, 3.8) is 0 Å². The van der Waals surface area contributed by atoms with Crippen LogP contribution in [0.5, 0.6) is 0 Å². The number of amides is 1. The summed E-state index contributed by atoms with van der Waals surface area (Å²) < 4.78 is 5.24. The van der Waals surface area contributed by atoms with E-state index in [1.165, 1.54) is 0 Å². The third kappa shape index (κ3) is 5.15. The van der Waals surface area contributed by atoms with Gasteiger partial charge in [0.2, 0.25) is 5.91 Å². The molecule has 1 amide bonds. The lowest BCUT2D eigenvalue weighted by Gasteiger charge is -2.23. The number of hydrogen-bond acceptors (Lipinski definition) is 4. The highest BCUT2D eigenvalue weighted by Crippen LogP contribution is 2.12. The largest absolute Gasteiger partial charge is 0.459 e. The van der Waals surface area contributed by atoms with Gasteiger partial charge in [-0.3, -0.25) is 9.59 Å². The fourth-order valence-electron chi connectivity index (χ4n) is 2.59. The standard InChI is InChI=1S/C17H24N2O3/c18-15-10-6-1-2-7-11-19(17(15)21)12-16(20)22-13-14-8-4-3-5-9-14/h3-5,8-9,15H,1-2,6-7,10-13,18H2. The van der Waals surface area contributed by atoms with Crippen molar-refractivity contribution in [3.8, 4) is 0 Å². The maximum Gasteiger partial charge on any atom is 0.325 e. The Kier molecular flexibility index (Phi) is 6.40. The highest BCUT2D eigenvalue weighted by molar-refractivity contribution is 5.85. The molecule has 1 saturated heterocycles. The molecule has 1 fully saturated rings. The van der Waals surface area contributed by atoms with Gasteiger partial charge in [-0.25, -0.2) is 0 Å². The molecule has 0 aromatic heterocycles. The van der Waals surface area contributed by atoms with Crippen LogP contribution in [0.1, 0.15) is 37.7 Å². The van der Waals surface area contributed by atoms with Gasteiger partial charge in [-0.1, -0.05) is 49.6 Å². The summed E-state index contributed by atoms with van der Waals surface area (Å²) in [6.07, 6.45) is 4.72. The van der Waals surface area contributed by atoms with E-state index in [1.807, 2.05) is 30.3 Å². The fourth-order valence-corrected chi connectivity index (χ4v) is 2.59. The second-order valence-corrected chi connectivity index (χ2v) is 5.72. The van der Waals surface area contributed by atoms with Crippen LogP contribution < -0.4 is 5.73 Å². The van der Waals surface area contributed by atoms with Gasteiger partial charge < -0.3 is 15.4 Å². The number of carbonyl (C=O) groups excluding carboxylic acids is 2. The number of nitrogens with zero attached hydrogens (tertiary/aromatic N) is 1. The SMILES string of the molecule is NC1CCCCCCN(CC(=O)OCc2ccccc2)C1=O. The minimum Gasteiger partial charge on any atom is -0.459 e. The first kappa shape index (κ1) is 16.5. The third-order valence-electron chi connectivity index (χ3n) is 3.88. The molecule has 2 N–H and O–H groups in total. The van der Waals surface area contributed by atoms with Crippen molar-refractivity contribution in [1.29, 1.82) is 0 Å². The topological polar surface area (TPSA) is 72.6 Å². The summed E-state index contributed by atoms with van der Waals surface area (Å²) in [6.45, 7) is 0.792. The summed E-state index contributed by atoms with van der Waals surface area (Å²) in [4.78, 5) is 25.8. The molecule has 2 rings (SSSR count). The van der Waals surface area contributed by atoms with Gasteiger partial charge in [0.1, 0.15) is 13.2 Å². The molecule has 120 valence electrons. The van der Waals surface area contributed by atoms with Crippen LogP contribution in [0.3, 0.4) is 0 Å². The third-order valence-corrected chi connectivity index (χ3v) is 3.88. The quantitative estimate of drug-likeness (QED) is 0.862. The van der Waals surface area contributed by atoms with Crippen LogP contribution in [0, 0.1) is 0 Å². The van der Waals surface area contributed by atoms with E-state index in [9.17, 15) is 9.59 Å². The maximum absolute atomic E-state index is 12.3. The van der Waals surface area contributed by atoms with Gasteiger partial charge in [-0.2, -0.15) is 0 Å². The van der Waals surface area contributed by atoms with Crippen LogP contribution in [0.2, 0.25) is 0 Å². The molecule has 22 heavy (non-hydrogen) atoms. The van der Waals surface area contributed by atoms with Gasteiger partial charge in [-0.05, 0) is 18.4 Å². The summed E-state index contributed by atoms with van der Waals surface area (Å²) in [5.74, 6) is -0.526. The van der Waals surface area contributed by atoms with E-state index in [0.717, 1.165) is 31.2 Å². The van der Waals surface area contributed by atoms with E-state index >= 15 is 0 Å². The van der Waals surface area contributed by atoms with Crippen molar-refractivity contribution >= 4 is 11.9 Å². The van der Waals surface area contributed by atoms with Gasteiger partial charge in [0.15, 0.2) is 0 Å². The van der Waals surface area contributed by atoms with Crippen LogP contribution in [0.25, 0.3) is 0 Å². The molecule has 1 aromatic rings. The van der Waals surface area contributed by atoms with Crippen LogP contribution in [0.4, 0.5) is 0 Å². The Hall–Kier alpha value is -1.88. The van der Waals surface area contributed by atoms with Gasteiger partial charge in [-0.15, -0.1) is 0 Å². The van der Waals surface area contributed by atoms with Gasteiger partial charge >= 0.3 is 5.97 Å². The Labute approximate surface area is 131 Å². The number of ether oxygens (including phenoxy) is 1. The number of esters is 1. The van der Waals surface area contributed by atoms with Crippen LogP contribution in [0.15, 0.2) is 30.3 Å². The van der Waals surface area contributed by atoms with Crippen molar-refractivity contribution < 1.29 is 14.3 Å². The van der Waals surface area contributed by atoms with Crippen molar-refractivity contribution in [1.82, 2.24) is 4.90 Å². The highest BCUT2D eigenvalue weighted by atomic mass is 16.5. The van der Waals surface area contributed by atoms with Gasteiger partial charge in [0, 0.05) is 6.54 Å². The Balaban J connectivity index is 1.86. The van der Waals surface area contributed by atoms with Crippen LogP contribution >= 0.6 is 0 Å². The molecule has 1 unspecified atom stereocenters. The van der Waals surface area contributed by atoms with Crippen molar-refractivity contribution in [2.45, 2.75) is 44.8 Å². The minimum absolute atomic E-state index is 0.0145. The molecule has 1 heterocycles. The summed E-state index contributed by atoms with van der Waals surface area (Å²) in [5.41, 5.74) is 6.84. The molecule has 0 bridgehead atoms. The molecule has 1 aliphatic heterocycles. The predicted octanol–water partition coefficient (Wildman–Crippen LogP) is 1.85. The number of carbonyl (C=O) groups is 2. The number of rotatable bonds is 4. The lowest BCUT2D eigenvalue weighted by Crippen LogP contribution is -2.46. The van der Waals surface area contributed by atoms with Gasteiger partial charge in [0.25, 0.3) is 0 Å². The highest BCUT2D eigenvalue weighted by Gasteiger charge is 2.24. The Bertz CT molecular complexity index is 490. The number of nitrogens with two attached hydrogens (primary N) is 1. The lowest BCUT2D eigenvalue weighted by molar-refractivity contribution is -0.150. The summed E-state index contributed by atoms with van der Waals surface area (Å²) in [7, 11) is 0. The zero-order valence-electron chi connectivity index (χ0n) is 12.9. The second-order valence-electron chi connectivity index (χ2n) is 5.72. The minimum atomic E-state index is -0.500. The normalized spacial score (nSPS) is 20.0. The molecule has 0 spiro atoms. The average molecular weight is 304 g/mol. The number of hydrogen-bond donors (Lipinski definition) is 1. The second kappa shape index (κ2) is 8.54. The fraction of sp³-hybridized carbons (Fsp3) is 0.529. The molecule has 1 atom stereocenters. The van der Waals surface area contributed by atoms with E-state index in [1.54, 1.807) is 4.90 Å². The molecule has 0 saturated carbocycles. The first-order valence-electron chi connectivity index (χ1n) is 7.91. The van der Waals surface area contributed by atoms with Crippen molar-refractivity contribution in [2.75, 3.05) is 13.1 Å². The summed E-state index contributed by atoms with van der Waals surface area (Å²) in [6, 6.07) is 9.00. The molecular weight excluding hydrogens is 280 g/mol. The maximum atomic E-state index is 12.3. The Morgan fingerprint density at radius 1 is 1.18 bits per heavy atom. The van der Waals surface area contributed by atoms with Crippen molar-refractivity contribution in [2.24, 2.45) is 5.73 Å². The molecule has 1 aliphatic rings. The van der Waals surface area contributed by atoms with Gasteiger partial charge in [0.05, 0.1) is 6.04 Å². The Morgan fingerprint density at radius 2 is 1.91 bits per heavy atom. The molecule has 5 nitrogen and oxygen atoms in total. The van der Waals surface area contributed by atoms with E-state index in [4.69, 9.17) is 10.5 Å². The average Bonchev–Trinajstić information content (AvgIpc) is 2.61. The molecule has 0 radical (unpaired) electrons. The lowest BCUT2D eigenvalue weighted by atomic mass is 10.1. The van der Waals surface area contributed by atoms with Crippen LogP contribution in [-0.2, 0) is 20.9 Å². The zero-order valence-corrected chi connectivity index (χ0v) is 12.9. The molecule has 0 aliphatic carbocycles. The van der Waals surface area contributed by atoms with E-state index in [0.29, 0.717) is 13.0 Å². The zero-order chi connectivity index (χ0) is 15.8. The molecule has 5 heteroatoms. The predicted molar refractivity (Wildman–Crippen MR) is 83.9 cm³/mol. The number of benzene rings is 1. The van der Waals surface area contributed by atoms with Crippen molar-refractivity contribution in [3.05, 3.63) is 35.9 Å². The first-order valence-corrected chi connectivity index (χ1v) is 7.91.